The third kappa shape index (κ3) is 3.65. The van der Waals surface area contributed by atoms with Crippen LogP contribution in [0.15, 0.2) is 44.0 Å². The Morgan fingerprint density at radius 3 is 2.37 bits per heavy atom. The molecule has 0 fully saturated rings. The SMILES string of the molecule is O=C(NNC(=O)c1ccccc1Br)c1csc(Br)c1. The van der Waals surface area contributed by atoms with E-state index in [1.165, 1.54) is 11.3 Å². The van der Waals surface area contributed by atoms with E-state index in [4.69, 9.17) is 0 Å². The van der Waals surface area contributed by atoms with Gasteiger partial charge in [0, 0.05) is 9.85 Å². The van der Waals surface area contributed by atoms with Crippen LogP contribution in [0.5, 0.6) is 0 Å². The first kappa shape index (κ1) is 14.2. The fraction of sp³-hybridized carbons (Fsp3) is 0. The molecule has 0 saturated heterocycles. The molecular formula is C12H8Br2N2O2S. The fourth-order valence-electron chi connectivity index (χ4n) is 1.33. The molecule has 1 aromatic heterocycles. The molecule has 1 aromatic carbocycles. The predicted molar refractivity (Wildman–Crippen MR) is 81.1 cm³/mol. The molecule has 0 aliphatic heterocycles. The molecule has 0 unspecified atom stereocenters. The Balaban J connectivity index is 1.98. The summed E-state index contributed by atoms with van der Waals surface area (Å²) in [5.41, 5.74) is 5.68. The van der Waals surface area contributed by atoms with Crippen molar-refractivity contribution in [2.75, 3.05) is 0 Å². The molecule has 98 valence electrons. The lowest BCUT2D eigenvalue weighted by Crippen LogP contribution is -2.41. The Bertz CT molecular complexity index is 628. The van der Waals surface area contributed by atoms with E-state index in [2.05, 4.69) is 42.7 Å². The van der Waals surface area contributed by atoms with E-state index in [1.807, 2.05) is 6.07 Å². The van der Waals surface area contributed by atoms with E-state index < -0.39 is 0 Å². The minimum Gasteiger partial charge on any atom is -0.267 e. The van der Waals surface area contributed by atoms with E-state index in [1.54, 1.807) is 29.6 Å². The molecule has 0 bridgehead atoms. The van der Waals surface area contributed by atoms with Crippen molar-refractivity contribution in [3.05, 3.63) is 55.1 Å². The number of hydrogen-bond acceptors (Lipinski definition) is 3. The second kappa shape index (κ2) is 6.31. The number of thiophene rings is 1. The lowest BCUT2D eigenvalue weighted by Gasteiger charge is -2.07. The Labute approximate surface area is 130 Å². The highest BCUT2D eigenvalue weighted by atomic mass is 79.9. The number of rotatable bonds is 2. The summed E-state index contributed by atoms with van der Waals surface area (Å²) in [6.07, 6.45) is 0. The highest BCUT2D eigenvalue weighted by molar-refractivity contribution is 9.11. The summed E-state index contributed by atoms with van der Waals surface area (Å²) in [7, 11) is 0. The molecule has 0 radical (unpaired) electrons. The second-order valence-corrected chi connectivity index (χ2v) is 6.67. The molecule has 0 spiro atoms. The van der Waals surface area contributed by atoms with Crippen LogP contribution >= 0.6 is 43.2 Å². The molecule has 4 nitrogen and oxygen atoms in total. The number of nitrogens with one attached hydrogen (secondary N) is 2. The van der Waals surface area contributed by atoms with E-state index >= 15 is 0 Å². The van der Waals surface area contributed by atoms with Gasteiger partial charge in [-0.25, -0.2) is 0 Å². The molecule has 0 aliphatic carbocycles. The van der Waals surface area contributed by atoms with Gasteiger partial charge in [0.2, 0.25) is 0 Å². The van der Waals surface area contributed by atoms with Gasteiger partial charge in [0.15, 0.2) is 0 Å². The number of carbonyl (C=O) groups excluding carboxylic acids is 2. The third-order valence-corrected chi connectivity index (χ3v) is 4.43. The maximum Gasteiger partial charge on any atom is 0.270 e. The molecular weight excluding hydrogens is 396 g/mol. The monoisotopic (exact) mass is 402 g/mol. The van der Waals surface area contributed by atoms with E-state index in [-0.39, 0.29) is 11.8 Å². The van der Waals surface area contributed by atoms with Crippen molar-refractivity contribution < 1.29 is 9.59 Å². The van der Waals surface area contributed by atoms with Crippen LogP contribution in [-0.4, -0.2) is 11.8 Å². The van der Waals surface area contributed by atoms with Crippen molar-refractivity contribution in [1.82, 2.24) is 10.9 Å². The summed E-state index contributed by atoms with van der Waals surface area (Å²) in [6, 6.07) is 8.66. The molecule has 2 N–H and O–H groups in total. The maximum absolute atomic E-state index is 11.8. The summed E-state index contributed by atoms with van der Waals surface area (Å²) in [6.45, 7) is 0. The van der Waals surface area contributed by atoms with Gasteiger partial charge in [0.25, 0.3) is 11.8 Å². The second-order valence-electron chi connectivity index (χ2n) is 3.53. The van der Waals surface area contributed by atoms with Crippen molar-refractivity contribution in [2.45, 2.75) is 0 Å². The lowest BCUT2D eigenvalue weighted by molar-refractivity contribution is 0.0846. The largest absolute Gasteiger partial charge is 0.270 e. The highest BCUT2D eigenvalue weighted by Crippen LogP contribution is 2.20. The lowest BCUT2D eigenvalue weighted by atomic mass is 10.2. The molecule has 0 atom stereocenters. The van der Waals surface area contributed by atoms with Gasteiger partial charge in [-0.3, -0.25) is 20.4 Å². The Morgan fingerprint density at radius 1 is 1.05 bits per heavy atom. The Kier molecular flexibility index (Phi) is 4.73. The van der Waals surface area contributed by atoms with Crippen LogP contribution in [0, 0.1) is 0 Å². The van der Waals surface area contributed by atoms with Crippen molar-refractivity contribution in [1.29, 1.82) is 0 Å². The summed E-state index contributed by atoms with van der Waals surface area (Å²) >= 11 is 7.95. The first-order chi connectivity index (χ1) is 9.08. The number of amides is 2. The molecule has 2 rings (SSSR count). The number of hydrogen-bond donors (Lipinski definition) is 2. The fourth-order valence-corrected chi connectivity index (χ4v) is 2.93. The number of halogens is 2. The number of benzene rings is 1. The molecule has 0 aliphatic rings. The van der Waals surface area contributed by atoms with Gasteiger partial charge in [-0.1, -0.05) is 12.1 Å². The summed E-state index contributed by atoms with van der Waals surface area (Å²) in [5, 5.41) is 1.70. The first-order valence-corrected chi connectivity index (χ1v) is 7.64. The first-order valence-electron chi connectivity index (χ1n) is 5.17. The van der Waals surface area contributed by atoms with Gasteiger partial charge >= 0.3 is 0 Å². The van der Waals surface area contributed by atoms with Gasteiger partial charge in [-0.15, -0.1) is 11.3 Å². The van der Waals surface area contributed by atoms with Crippen molar-refractivity contribution in [2.24, 2.45) is 0 Å². The van der Waals surface area contributed by atoms with Gasteiger partial charge < -0.3 is 0 Å². The van der Waals surface area contributed by atoms with Crippen LogP contribution in [0.2, 0.25) is 0 Å². The molecule has 1 heterocycles. The Morgan fingerprint density at radius 2 is 1.74 bits per heavy atom. The molecule has 0 saturated carbocycles. The zero-order chi connectivity index (χ0) is 13.8. The maximum atomic E-state index is 11.8. The number of carbonyl (C=O) groups is 2. The molecule has 2 amide bonds. The van der Waals surface area contributed by atoms with Crippen molar-refractivity contribution in [3.63, 3.8) is 0 Å². The normalized spacial score (nSPS) is 10.0. The van der Waals surface area contributed by atoms with Crippen LogP contribution in [-0.2, 0) is 0 Å². The summed E-state index contributed by atoms with van der Waals surface area (Å²) in [5.74, 6) is -0.738. The molecule has 19 heavy (non-hydrogen) atoms. The number of hydrazine groups is 1. The molecule has 2 aromatic rings. The molecule has 7 heteroatoms. The van der Waals surface area contributed by atoms with Gasteiger partial charge in [0.1, 0.15) is 0 Å². The van der Waals surface area contributed by atoms with Gasteiger partial charge in [0.05, 0.1) is 14.9 Å². The zero-order valence-electron chi connectivity index (χ0n) is 9.44. The average Bonchev–Trinajstić information content (AvgIpc) is 2.83. The standard InChI is InChI=1S/C12H8Br2N2O2S/c13-9-4-2-1-3-8(9)12(18)16-15-11(17)7-5-10(14)19-6-7/h1-6H,(H,15,17)(H,16,18). The Hall–Kier alpha value is -1.18. The van der Waals surface area contributed by atoms with Crippen LogP contribution in [0.1, 0.15) is 20.7 Å². The van der Waals surface area contributed by atoms with Crippen molar-refractivity contribution >= 4 is 55.0 Å². The highest BCUT2D eigenvalue weighted by Gasteiger charge is 2.12. The van der Waals surface area contributed by atoms with E-state index in [0.717, 1.165) is 3.79 Å². The summed E-state index contributed by atoms with van der Waals surface area (Å²) in [4.78, 5) is 23.6. The van der Waals surface area contributed by atoms with Gasteiger partial charge in [-0.2, -0.15) is 0 Å². The average molecular weight is 404 g/mol. The van der Waals surface area contributed by atoms with Crippen molar-refractivity contribution in [3.8, 4) is 0 Å². The van der Waals surface area contributed by atoms with E-state index in [0.29, 0.717) is 15.6 Å². The van der Waals surface area contributed by atoms with Crippen LogP contribution < -0.4 is 10.9 Å². The van der Waals surface area contributed by atoms with Gasteiger partial charge in [-0.05, 0) is 50.1 Å². The van der Waals surface area contributed by atoms with Crippen LogP contribution in [0.4, 0.5) is 0 Å². The minimum atomic E-state index is -0.380. The summed E-state index contributed by atoms with van der Waals surface area (Å²) < 4.78 is 1.52. The van der Waals surface area contributed by atoms with Crippen LogP contribution in [0.25, 0.3) is 0 Å². The third-order valence-electron chi connectivity index (χ3n) is 2.24. The van der Waals surface area contributed by atoms with Crippen LogP contribution in [0.3, 0.4) is 0 Å². The zero-order valence-corrected chi connectivity index (χ0v) is 13.4. The predicted octanol–water partition coefficient (Wildman–Crippen LogP) is 3.35. The minimum absolute atomic E-state index is 0.359. The van der Waals surface area contributed by atoms with E-state index in [9.17, 15) is 9.59 Å². The quantitative estimate of drug-likeness (QED) is 0.755. The smallest absolute Gasteiger partial charge is 0.267 e. The topological polar surface area (TPSA) is 58.2 Å².